The smallest absolute Gasteiger partial charge is 0.277 e. The van der Waals surface area contributed by atoms with Crippen LogP contribution >= 0.6 is 0 Å². The topological polar surface area (TPSA) is 76.9 Å². The van der Waals surface area contributed by atoms with Crippen molar-refractivity contribution in [2.45, 2.75) is 32.9 Å². The van der Waals surface area contributed by atoms with E-state index >= 15 is 0 Å². The van der Waals surface area contributed by atoms with Crippen LogP contribution in [-0.4, -0.2) is 26.9 Å². The lowest BCUT2D eigenvalue weighted by atomic mass is 10.1. The van der Waals surface area contributed by atoms with Crippen molar-refractivity contribution in [2.24, 2.45) is 0 Å². The van der Waals surface area contributed by atoms with Crippen LogP contribution in [0.1, 0.15) is 36.2 Å². The van der Waals surface area contributed by atoms with Gasteiger partial charge in [0.25, 0.3) is 11.5 Å². The molecule has 1 N–H and O–H groups in total. The molecule has 1 amide bonds. The molecule has 0 spiro atoms. The highest BCUT2D eigenvalue weighted by molar-refractivity contribution is 5.94. The number of rotatable bonds is 5. The number of carbonyl (C=O) groups excluding carboxylic acids is 1. The predicted molar refractivity (Wildman–Crippen MR) is 96.6 cm³/mol. The van der Waals surface area contributed by atoms with Gasteiger partial charge in [-0.25, -0.2) is 4.68 Å². The molecule has 25 heavy (non-hydrogen) atoms. The minimum atomic E-state index is -0.177. The minimum absolute atomic E-state index is 0.0939. The standard InChI is InChI=1S/C19H20N4O2/c1-3-13(2)20-18(24)15-10-8-14(9-11-15)12-23-19(25)16-6-4-5-7-17(16)21-22-23/h4-11,13H,3,12H2,1-2H3,(H,20,24). The second-order valence-electron chi connectivity index (χ2n) is 6.05. The zero-order chi connectivity index (χ0) is 17.8. The minimum Gasteiger partial charge on any atom is -0.350 e. The molecule has 0 saturated carbocycles. The zero-order valence-electron chi connectivity index (χ0n) is 14.3. The van der Waals surface area contributed by atoms with E-state index in [2.05, 4.69) is 15.6 Å². The summed E-state index contributed by atoms with van der Waals surface area (Å²) in [5.41, 5.74) is 1.89. The second kappa shape index (κ2) is 7.25. The highest BCUT2D eigenvalue weighted by Crippen LogP contribution is 2.08. The maximum absolute atomic E-state index is 12.5. The lowest BCUT2D eigenvalue weighted by molar-refractivity contribution is 0.0939. The van der Waals surface area contributed by atoms with Crippen LogP contribution in [-0.2, 0) is 6.54 Å². The van der Waals surface area contributed by atoms with Gasteiger partial charge in [0.05, 0.1) is 11.9 Å². The lowest BCUT2D eigenvalue weighted by Gasteiger charge is -2.11. The van der Waals surface area contributed by atoms with Crippen molar-refractivity contribution in [3.63, 3.8) is 0 Å². The Hall–Kier alpha value is -3.02. The Bertz CT molecular complexity index is 948. The van der Waals surface area contributed by atoms with E-state index in [4.69, 9.17) is 0 Å². The Balaban J connectivity index is 1.79. The van der Waals surface area contributed by atoms with Crippen LogP contribution in [0.2, 0.25) is 0 Å². The largest absolute Gasteiger partial charge is 0.350 e. The Morgan fingerprint density at radius 1 is 1.16 bits per heavy atom. The fourth-order valence-corrected chi connectivity index (χ4v) is 2.47. The normalized spacial score (nSPS) is 12.1. The van der Waals surface area contributed by atoms with Crippen LogP contribution < -0.4 is 10.9 Å². The van der Waals surface area contributed by atoms with Gasteiger partial charge in [0.15, 0.2) is 0 Å². The summed E-state index contributed by atoms with van der Waals surface area (Å²) in [4.78, 5) is 24.6. The van der Waals surface area contributed by atoms with Crippen molar-refractivity contribution in [3.8, 4) is 0 Å². The first-order valence-electron chi connectivity index (χ1n) is 8.31. The molecule has 0 aliphatic heterocycles. The van der Waals surface area contributed by atoms with Crippen LogP contribution in [0.5, 0.6) is 0 Å². The van der Waals surface area contributed by atoms with Crippen LogP contribution in [0.15, 0.2) is 53.3 Å². The highest BCUT2D eigenvalue weighted by Gasteiger charge is 2.09. The molecule has 1 heterocycles. The summed E-state index contributed by atoms with van der Waals surface area (Å²) in [6.07, 6.45) is 0.882. The molecule has 0 radical (unpaired) electrons. The Labute approximate surface area is 145 Å². The predicted octanol–water partition coefficient (Wildman–Crippen LogP) is 2.37. The molecule has 3 rings (SSSR count). The van der Waals surface area contributed by atoms with Crippen LogP contribution in [0.25, 0.3) is 10.9 Å². The Morgan fingerprint density at radius 3 is 2.60 bits per heavy atom. The number of fused-ring (bicyclic) bond motifs is 1. The molecule has 1 atom stereocenters. The number of aromatic nitrogens is 3. The number of hydrogen-bond donors (Lipinski definition) is 1. The molecular formula is C19H20N4O2. The first kappa shape index (κ1) is 16.8. The summed E-state index contributed by atoms with van der Waals surface area (Å²) in [5, 5.41) is 11.5. The average Bonchev–Trinajstić information content (AvgIpc) is 2.64. The van der Waals surface area contributed by atoms with Crippen molar-refractivity contribution >= 4 is 16.8 Å². The van der Waals surface area contributed by atoms with Crippen molar-refractivity contribution in [3.05, 3.63) is 70.0 Å². The third-order valence-electron chi connectivity index (χ3n) is 4.17. The number of benzene rings is 2. The molecule has 0 bridgehead atoms. The van der Waals surface area contributed by atoms with Crippen molar-refractivity contribution in [1.82, 2.24) is 20.3 Å². The van der Waals surface area contributed by atoms with Gasteiger partial charge in [0.1, 0.15) is 5.52 Å². The van der Waals surface area contributed by atoms with E-state index in [1.54, 1.807) is 30.3 Å². The molecule has 2 aromatic carbocycles. The second-order valence-corrected chi connectivity index (χ2v) is 6.05. The summed E-state index contributed by atoms with van der Waals surface area (Å²) in [7, 11) is 0. The molecule has 0 aliphatic carbocycles. The summed E-state index contributed by atoms with van der Waals surface area (Å²) in [5.74, 6) is -0.0939. The lowest BCUT2D eigenvalue weighted by Crippen LogP contribution is -2.31. The van der Waals surface area contributed by atoms with Gasteiger partial charge in [-0.3, -0.25) is 9.59 Å². The maximum atomic E-state index is 12.5. The molecule has 6 heteroatoms. The molecule has 0 saturated heterocycles. The third-order valence-corrected chi connectivity index (χ3v) is 4.17. The SMILES string of the molecule is CCC(C)NC(=O)c1ccc(Cn2nnc3ccccc3c2=O)cc1. The monoisotopic (exact) mass is 336 g/mol. The van der Waals surface area contributed by atoms with Crippen LogP contribution in [0.3, 0.4) is 0 Å². The number of amides is 1. The molecule has 0 fully saturated rings. The summed E-state index contributed by atoms with van der Waals surface area (Å²) >= 11 is 0. The van der Waals surface area contributed by atoms with Crippen molar-refractivity contribution < 1.29 is 4.79 Å². The molecule has 1 aromatic heterocycles. The van der Waals surface area contributed by atoms with E-state index in [0.717, 1.165) is 12.0 Å². The number of nitrogens with one attached hydrogen (secondary N) is 1. The van der Waals surface area contributed by atoms with Crippen molar-refractivity contribution in [1.29, 1.82) is 0 Å². The quantitative estimate of drug-likeness (QED) is 0.776. The first-order valence-corrected chi connectivity index (χ1v) is 8.31. The van der Waals surface area contributed by atoms with Crippen LogP contribution in [0.4, 0.5) is 0 Å². The van der Waals surface area contributed by atoms with Crippen molar-refractivity contribution in [2.75, 3.05) is 0 Å². The summed E-state index contributed by atoms with van der Waals surface area (Å²) in [6.45, 7) is 4.30. The van der Waals surface area contributed by atoms with Crippen LogP contribution in [0, 0.1) is 0 Å². The molecule has 1 unspecified atom stereocenters. The van der Waals surface area contributed by atoms with Gasteiger partial charge in [-0.2, -0.15) is 0 Å². The molecule has 3 aromatic rings. The Kier molecular flexibility index (Phi) is 4.88. The van der Waals surface area contributed by atoms with E-state index in [1.165, 1.54) is 4.68 Å². The molecular weight excluding hydrogens is 316 g/mol. The third kappa shape index (κ3) is 3.74. The molecule has 6 nitrogen and oxygen atoms in total. The van der Waals surface area contributed by atoms with Gasteiger partial charge >= 0.3 is 0 Å². The van der Waals surface area contributed by atoms with Gasteiger partial charge < -0.3 is 5.32 Å². The maximum Gasteiger partial charge on any atom is 0.277 e. The van der Waals surface area contributed by atoms with E-state index < -0.39 is 0 Å². The molecule has 0 aliphatic rings. The summed E-state index contributed by atoms with van der Waals surface area (Å²) < 4.78 is 1.33. The highest BCUT2D eigenvalue weighted by atomic mass is 16.1. The number of carbonyl (C=O) groups is 1. The van der Waals surface area contributed by atoms with Gasteiger partial charge in [-0.1, -0.05) is 36.4 Å². The van der Waals surface area contributed by atoms with E-state index in [9.17, 15) is 9.59 Å². The van der Waals surface area contributed by atoms with E-state index in [-0.39, 0.29) is 17.5 Å². The van der Waals surface area contributed by atoms with E-state index in [1.807, 2.05) is 32.0 Å². The number of nitrogens with zero attached hydrogens (tertiary/aromatic N) is 3. The zero-order valence-corrected chi connectivity index (χ0v) is 14.3. The fourth-order valence-electron chi connectivity index (χ4n) is 2.47. The Morgan fingerprint density at radius 2 is 1.88 bits per heavy atom. The fraction of sp³-hybridized carbons (Fsp3) is 0.263. The average molecular weight is 336 g/mol. The van der Waals surface area contributed by atoms with Gasteiger partial charge in [-0.05, 0) is 43.2 Å². The summed E-state index contributed by atoms with van der Waals surface area (Å²) in [6, 6.07) is 14.4. The van der Waals surface area contributed by atoms with E-state index in [0.29, 0.717) is 23.0 Å². The molecule has 128 valence electrons. The number of hydrogen-bond acceptors (Lipinski definition) is 4. The van der Waals surface area contributed by atoms with Gasteiger partial charge in [-0.15, -0.1) is 5.10 Å². The van der Waals surface area contributed by atoms with Gasteiger partial charge in [0.2, 0.25) is 0 Å². The van der Waals surface area contributed by atoms with Gasteiger partial charge in [0, 0.05) is 11.6 Å². The first-order chi connectivity index (χ1) is 12.1.